The third-order valence-corrected chi connectivity index (χ3v) is 8.38. The van der Waals surface area contributed by atoms with E-state index in [1.807, 2.05) is 35.1 Å². The summed E-state index contributed by atoms with van der Waals surface area (Å²) < 4.78 is 8.38. The molecule has 5 heteroatoms. The highest BCUT2D eigenvalue weighted by Gasteiger charge is 2.21. The lowest BCUT2D eigenvalue weighted by Gasteiger charge is -2.19. The van der Waals surface area contributed by atoms with Gasteiger partial charge in [-0.15, -0.1) is 0 Å². The van der Waals surface area contributed by atoms with Gasteiger partial charge in [-0.1, -0.05) is 48.5 Å². The van der Waals surface area contributed by atoms with Crippen molar-refractivity contribution in [2.75, 3.05) is 6.66 Å². The minimum Gasteiger partial charge on any atom is -0.259 e. The van der Waals surface area contributed by atoms with E-state index in [2.05, 4.69) is 101 Å². The maximum absolute atomic E-state index is 5.23. The van der Waals surface area contributed by atoms with Crippen LogP contribution in [0.15, 0.2) is 102 Å². The van der Waals surface area contributed by atoms with Crippen LogP contribution in [0.25, 0.3) is 5.69 Å². The van der Waals surface area contributed by atoms with Crippen LogP contribution in [-0.2, 0) is 0 Å². The summed E-state index contributed by atoms with van der Waals surface area (Å²) in [5, 5.41) is 7.03. The van der Waals surface area contributed by atoms with Crippen molar-refractivity contribution in [1.82, 2.24) is 9.78 Å². The fraction of sp³-hybridized carbons (Fsp3) is 0.0455. The zero-order valence-electron chi connectivity index (χ0n) is 14.9. The molecule has 0 spiro atoms. The Kier molecular flexibility index (Phi) is 5.28. The molecule has 0 bridgehead atoms. The molecule has 27 heavy (non-hydrogen) atoms. The molecule has 0 aliphatic heterocycles. The summed E-state index contributed by atoms with van der Waals surface area (Å²) in [6, 6.07) is 29.1. The van der Waals surface area contributed by atoms with Crippen LogP contribution < -0.4 is 10.6 Å². The number of hydrogen-bond acceptors (Lipinski definition) is 2. The predicted molar refractivity (Wildman–Crippen MR) is 123 cm³/mol. The highest BCUT2D eigenvalue weighted by Crippen LogP contribution is 2.46. The van der Waals surface area contributed by atoms with E-state index in [9.17, 15) is 0 Å². The van der Waals surface area contributed by atoms with E-state index in [1.54, 1.807) is 0 Å². The molecule has 0 amide bonds. The number of halogens is 1. The van der Waals surface area contributed by atoms with Crippen LogP contribution in [0.4, 0.5) is 5.69 Å². The Morgan fingerprint density at radius 3 is 2.11 bits per heavy atom. The topological polar surface area (TPSA) is 30.2 Å². The van der Waals surface area contributed by atoms with Crippen molar-refractivity contribution < 1.29 is 0 Å². The Labute approximate surface area is 173 Å². The molecule has 3 nitrogen and oxygen atoms in total. The summed E-state index contributed by atoms with van der Waals surface area (Å²) in [7, 11) is -1.97. The number of rotatable bonds is 4. The predicted octanol–water partition coefficient (Wildman–Crippen LogP) is 5.59. The van der Waals surface area contributed by atoms with Crippen molar-refractivity contribution in [3.8, 4) is 5.69 Å². The SMILES string of the molecule is C[P@@](=Nc1ccc(I)cc1)(c1ccccc1)c1cnn(-c2ccccc2)c1. The third kappa shape index (κ3) is 3.92. The zero-order chi connectivity index (χ0) is 18.7. The molecule has 0 radical (unpaired) electrons. The average Bonchev–Trinajstić information content (AvgIpc) is 3.22. The van der Waals surface area contributed by atoms with Gasteiger partial charge in [-0.05, 0) is 71.0 Å². The van der Waals surface area contributed by atoms with Crippen molar-refractivity contribution in [2.45, 2.75) is 0 Å². The van der Waals surface area contributed by atoms with Gasteiger partial charge in [0.15, 0.2) is 0 Å². The lowest BCUT2D eigenvalue weighted by atomic mass is 10.3. The molecule has 4 rings (SSSR count). The number of nitrogens with zero attached hydrogens (tertiary/aromatic N) is 3. The van der Waals surface area contributed by atoms with E-state index >= 15 is 0 Å². The highest BCUT2D eigenvalue weighted by molar-refractivity contribution is 14.1. The number of para-hydroxylation sites is 1. The molecule has 4 aromatic rings. The molecule has 0 aliphatic carbocycles. The van der Waals surface area contributed by atoms with Crippen LogP contribution in [0, 0.1) is 3.57 Å². The molecular formula is C22H19IN3P. The molecular weight excluding hydrogens is 464 g/mol. The molecule has 1 heterocycles. The van der Waals surface area contributed by atoms with Crippen LogP contribution in [-0.4, -0.2) is 16.4 Å². The van der Waals surface area contributed by atoms with Crippen LogP contribution >= 0.6 is 29.6 Å². The van der Waals surface area contributed by atoms with Gasteiger partial charge in [0, 0.05) is 22.1 Å². The lowest BCUT2D eigenvalue weighted by molar-refractivity contribution is 0.881. The molecule has 0 aliphatic rings. The van der Waals surface area contributed by atoms with Gasteiger partial charge in [0.05, 0.1) is 17.6 Å². The second kappa shape index (κ2) is 7.83. The Balaban J connectivity index is 1.87. The Morgan fingerprint density at radius 2 is 1.44 bits per heavy atom. The number of benzene rings is 3. The second-order valence-electron chi connectivity index (χ2n) is 6.35. The molecule has 0 fully saturated rings. The van der Waals surface area contributed by atoms with Gasteiger partial charge < -0.3 is 0 Å². The largest absolute Gasteiger partial charge is 0.259 e. The van der Waals surface area contributed by atoms with Crippen molar-refractivity contribution in [2.24, 2.45) is 4.74 Å². The van der Waals surface area contributed by atoms with Gasteiger partial charge >= 0.3 is 0 Å². The van der Waals surface area contributed by atoms with Crippen molar-refractivity contribution >= 4 is 45.9 Å². The van der Waals surface area contributed by atoms with Gasteiger partial charge in [0.2, 0.25) is 0 Å². The van der Waals surface area contributed by atoms with Crippen LogP contribution in [0.5, 0.6) is 0 Å². The Morgan fingerprint density at radius 1 is 0.815 bits per heavy atom. The molecule has 1 aromatic heterocycles. The van der Waals surface area contributed by atoms with E-state index in [1.165, 1.54) is 8.87 Å². The van der Waals surface area contributed by atoms with Gasteiger partial charge in [0.25, 0.3) is 0 Å². The van der Waals surface area contributed by atoms with Crippen LogP contribution in [0.2, 0.25) is 0 Å². The monoisotopic (exact) mass is 483 g/mol. The van der Waals surface area contributed by atoms with E-state index in [4.69, 9.17) is 4.74 Å². The number of aromatic nitrogens is 2. The summed E-state index contributed by atoms with van der Waals surface area (Å²) in [5.41, 5.74) is 2.06. The standard InChI is InChI=1S/C22H19IN3P/c1-27(21-10-6-3-7-11-21,25-19-14-12-18(23)13-15-19)22-16-24-26(17-22)20-8-4-2-5-9-20/h2-17H,1H3/t27-/m1/s1. The molecule has 0 unspecified atom stereocenters. The Bertz CT molecular complexity index is 1090. The maximum Gasteiger partial charge on any atom is 0.0645 e. The first-order valence-electron chi connectivity index (χ1n) is 8.67. The first-order chi connectivity index (χ1) is 13.1. The molecule has 0 N–H and O–H groups in total. The fourth-order valence-corrected chi connectivity index (χ4v) is 5.83. The molecule has 0 saturated carbocycles. The fourth-order valence-electron chi connectivity index (χ4n) is 2.98. The van der Waals surface area contributed by atoms with Gasteiger partial charge in [-0.2, -0.15) is 5.10 Å². The summed E-state index contributed by atoms with van der Waals surface area (Å²) in [5.74, 6) is 0. The number of hydrogen-bond donors (Lipinski definition) is 0. The van der Waals surface area contributed by atoms with Crippen LogP contribution in [0.1, 0.15) is 0 Å². The minimum atomic E-state index is -1.97. The summed E-state index contributed by atoms with van der Waals surface area (Å²) >= 11 is 2.32. The lowest BCUT2D eigenvalue weighted by Crippen LogP contribution is -2.14. The second-order valence-corrected chi connectivity index (χ2v) is 10.7. The molecule has 3 aromatic carbocycles. The summed E-state index contributed by atoms with van der Waals surface area (Å²) in [4.78, 5) is 0. The highest BCUT2D eigenvalue weighted by atomic mass is 127. The van der Waals surface area contributed by atoms with Crippen LogP contribution in [0.3, 0.4) is 0 Å². The maximum atomic E-state index is 5.23. The van der Waals surface area contributed by atoms with Crippen molar-refractivity contribution in [1.29, 1.82) is 0 Å². The first-order valence-corrected chi connectivity index (χ1v) is 11.9. The Hall–Kier alpha value is -2.17. The summed E-state index contributed by atoms with van der Waals surface area (Å²) in [6.07, 6.45) is 4.08. The molecule has 0 saturated heterocycles. The smallest absolute Gasteiger partial charge is 0.0645 e. The minimum absolute atomic E-state index is 1.00. The third-order valence-electron chi connectivity index (χ3n) is 4.49. The average molecular weight is 483 g/mol. The van der Waals surface area contributed by atoms with Crippen molar-refractivity contribution in [3.05, 3.63) is 101 Å². The zero-order valence-corrected chi connectivity index (χ0v) is 18.0. The van der Waals surface area contributed by atoms with Gasteiger partial charge in [-0.3, -0.25) is 4.74 Å². The van der Waals surface area contributed by atoms with E-state index in [0.29, 0.717) is 0 Å². The molecule has 1 atom stereocenters. The van der Waals surface area contributed by atoms with E-state index in [-0.39, 0.29) is 0 Å². The van der Waals surface area contributed by atoms with E-state index < -0.39 is 7.05 Å². The quantitative estimate of drug-likeness (QED) is 0.275. The normalized spacial score (nSPS) is 13.1. The van der Waals surface area contributed by atoms with E-state index in [0.717, 1.165) is 16.7 Å². The first kappa shape index (κ1) is 18.2. The van der Waals surface area contributed by atoms with Gasteiger partial charge in [0.1, 0.15) is 0 Å². The summed E-state index contributed by atoms with van der Waals surface area (Å²) in [6.45, 7) is 2.26. The molecule has 134 valence electrons. The van der Waals surface area contributed by atoms with Gasteiger partial charge in [-0.25, -0.2) is 4.68 Å². The van der Waals surface area contributed by atoms with Crippen molar-refractivity contribution in [3.63, 3.8) is 0 Å².